The van der Waals surface area contributed by atoms with Gasteiger partial charge in [0.25, 0.3) is 0 Å². The van der Waals surface area contributed by atoms with Gasteiger partial charge in [0, 0.05) is 57.1 Å². The van der Waals surface area contributed by atoms with Crippen molar-refractivity contribution in [3.8, 4) is 11.4 Å². The molecule has 0 amide bonds. The van der Waals surface area contributed by atoms with Crippen LogP contribution in [0.25, 0.3) is 54.7 Å². The second-order valence-electron chi connectivity index (χ2n) is 6.86. The fourth-order valence-corrected chi connectivity index (χ4v) is 3.80. The first-order valence-electron chi connectivity index (χ1n) is 9.14. The van der Waals surface area contributed by atoms with E-state index in [4.69, 9.17) is 4.98 Å². The average molecular weight is 358 g/mol. The molecule has 130 valence electrons. The van der Waals surface area contributed by atoms with Crippen LogP contribution < -0.4 is 0 Å². The fourth-order valence-electron chi connectivity index (χ4n) is 3.80. The molecule has 0 unspecified atom stereocenters. The zero-order chi connectivity index (χ0) is 18.5. The molecule has 4 heterocycles. The minimum Gasteiger partial charge on any atom is -0.264 e. The highest BCUT2D eigenvalue weighted by Crippen LogP contribution is 2.29. The third kappa shape index (κ3) is 2.25. The molecule has 6 rings (SSSR count). The molecule has 0 atom stereocenters. The van der Waals surface area contributed by atoms with Gasteiger partial charge in [-0.25, -0.2) is 4.98 Å². The van der Waals surface area contributed by atoms with Crippen molar-refractivity contribution < 1.29 is 0 Å². The average Bonchev–Trinajstić information content (AvgIpc) is 2.78. The van der Waals surface area contributed by atoms with E-state index >= 15 is 0 Å². The Kier molecular flexibility index (Phi) is 3.14. The molecule has 0 fully saturated rings. The molecule has 0 aliphatic heterocycles. The van der Waals surface area contributed by atoms with Crippen LogP contribution in [0.3, 0.4) is 0 Å². The fraction of sp³-hybridized carbons (Fsp3) is 0. The van der Waals surface area contributed by atoms with Gasteiger partial charge in [-0.15, -0.1) is 0 Å². The predicted molar refractivity (Wildman–Crippen MR) is 113 cm³/mol. The summed E-state index contributed by atoms with van der Waals surface area (Å²) in [5.74, 6) is 0. The summed E-state index contributed by atoms with van der Waals surface area (Å²) in [5, 5.41) is 6.58. The van der Waals surface area contributed by atoms with Crippen molar-refractivity contribution in [2.45, 2.75) is 0 Å². The molecule has 0 saturated heterocycles. The quantitative estimate of drug-likeness (QED) is 0.362. The lowest BCUT2D eigenvalue weighted by Crippen LogP contribution is -1.91. The van der Waals surface area contributed by atoms with Gasteiger partial charge in [0.05, 0.1) is 22.4 Å². The molecule has 0 spiro atoms. The Morgan fingerprint density at radius 1 is 0.536 bits per heavy atom. The molecule has 0 N–H and O–H groups in total. The topological polar surface area (TPSA) is 51.6 Å². The van der Waals surface area contributed by atoms with Gasteiger partial charge < -0.3 is 0 Å². The number of aromatic nitrogens is 4. The van der Waals surface area contributed by atoms with Crippen molar-refractivity contribution in [2.75, 3.05) is 0 Å². The molecular weight excluding hydrogens is 344 g/mol. The van der Waals surface area contributed by atoms with Crippen LogP contribution in [0.1, 0.15) is 0 Å². The van der Waals surface area contributed by atoms with Crippen molar-refractivity contribution in [2.24, 2.45) is 0 Å². The standard InChI is InChI=1S/C24H14N4/c1-2-15-3-6-18-14-27-22(12-20(18)23(15)26-10-1)21-8-7-16-4-5-17-13-25-11-9-19(17)24(16)28-21/h1-14H. The molecular formula is C24H14N4. The van der Waals surface area contributed by atoms with Crippen LogP contribution >= 0.6 is 0 Å². The van der Waals surface area contributed by atoms with E-state index in [1.54, 1.807) is 0 Å². The van der Waals surface area contributed by atoms with Gasteiger partial charge in [-0.2, -0.15) is 0 Å². The smallest absolute Gasteiger partial charge is 0.0894 e. The van der Waals surface area contributed by atoms with Crippen LogP contribution in [0, 0.1) is 0 Å². The summed E-state index contributed by atoms with van der Waals surface area (Å²) in [6.07, 6.45) is 7.41. The molecule has 0 aliphatic carbocycles. The van der Waals surface area contributed by atoms with Crippen LogP contribution in [-0.2, 0) is 0 Å². The largest absolute Gasteiger partial charge is 0.264 e. The van der Waals surface area contributed by atoms with E-state index in [2.05, 4.69) is 57.4 Å². The van der Waals surface area contributed by atoms with Crippen molar-refractivity contribution in [1.29, 1.82) is 0 Å². The summed E-state index contributed by atoms with van der Waals surface area (Å²) < 4.78 is 0. The van der Waals surface area contributed by atoms with Crippen LogP contribution in [-0.4, -0.2) is 19.9 Å². The molecule has 0 radical (unpaired) electrons. The van der Waals surface area contributed by atoms with Crippen LogP contribution in [0.4, 0.5) is 0 Å². The van der Waals surface area contributed by atoms with E-state index in [9.17, 15) is 0 Å². The number of nitrogens with zero attached hydrogens (tertiary/aromatic N) is 4. The number of hydrogen-bond donors (Lipinski definition) is 0. The Bertz CT molecular complexity index is 1400. The van der Waals surface area contributed by atoms with Gasteiger partial charge in [0.1, 0.15) is 0 Å². The van der Waals surface area contributed by atoms with E-state index in [0.717, 1.165) is 54.7 Å². The maximum Gasteiger partial charge on any atom is 0.0894 e. The molecule has 0 bridgehead atoms. The van der Waals surface area contributed by atoms with Crippen LogP contribution in [0.5, 0.6) is 0 Å². The number of pyridine rings is 4. The van der Waals surface area contributed by atoms with Crippen LogP contribution in [0.2, 0.25) is 0 Å². The van der Waals surface area contributed by atoms with Crippen molar-refractivity contribution in [3.63, 3.8) is 0 Å². The Hall–Kier alpha value is -3.92. The molecule has 0 aliphatic rings. The predicted octanol–water partition coefficient (Wildman–Crippen LogP) is 5.55. The molecule has 4 aromatic heterocycles. The van der Waals surface area contributed by atoms with Crippen molar-refractivity contribution in [3.05, 3.63) is 85.5 Å². The van der Waals surface area contributed by atoms with Gasteiger partial charge >= 0.3 is 0 Å². The van der Waals surface area contributed by atoms with E-state index in [1.165, 1.54) is 0 Å². The highest BCUT2D eigenvalue weighted by molar-refractivity contribution is 6.07. The molecule has 0 saturated carbocycles. The Morgan fingerprint density at radius 2 is 1.32 bits per heavy atom. The summed E-state index contributed by atoms with van der Waals surface area (Å²) in [5.41, 5.74) is 3.65. The lowest BCUT2D eigenvalue weighted by atomic mass is 10.0. The maximum atomic E-state index is 4.95. The second-order valence-corrected chi connectivity index (χ2v) is 6.86. The minimum absolute atomic E-state index is 0.846. The summed E-state index contributed by atoms with van der Waals surface area (Å²) in [6, 6.07) is 20.6. The van der Waals surface area contributed by atoms with Gasteiger partial charge in [0.2, 0.25) is 0 Å². The zero-order valence-corrected chi connectivity index (χ0v) is 14.9. The summed E-state index contributed by atoms with van der Waals surface area (Å²) >= 11 is 0. The number of rotatable bonds is 1. The van der Waals surface area contributed by atoms with Gasteiger partial charge in [0.15, 0.2) is 0 Å². The third-order valence-corrected chi connectivity index (χ3v) is 5.21. The Morgan fingerprint density at radius 3 is 2.25 bits per heavy atom. The maximum absolute atomic E-state index is 4.95. The normalized spacial score (nSPS) is 11.6. The third-order valence-electron chi connectivity index (χ3n) is 5.21. The minimum atomic E-state index is 0.846. The molecule has 4 heteroatoms. The molecule has 6 aromatic rings. The number of hydrogen-bond acceptors (Lipinski definition) is 4. The summed E-state index contributed by atoms with van der Waals surface area (Å²) in [4.78, 5) is 18.4. The van der Waals surface area contributed by atoms with Crippen LogP contribution in [0.15, 0.2) is 85.5 Å². The Labute approximate surface area is 160 Å². The SMILES string of the molecule is c1cnc2c(c1)ccc1cnc(-c3ccc4ccc5cnccc5c4n3)cc12. The first kappa shape index (κ1) is 15.2. The first-order valence-corrected chi connectivity index (χ1v) is 9.14. The first-order chi connectivity index (χ1) is 13.9. The van der Waals surface area contributed by atoms with Crippen molar-refractivity contribution >= 4 is 43.4 Å². The molecule has 2 aromatic carbocycles. The second kappa shape index (κ2) is 5.79. The summed E-state index contributed by atoms with van der Waals surface area (Å²) in [6.45, 7) is 0. The van der Waals surface area contributed by atoms with E-state index in [0.29, 0.717) is 0 Å². The zero-order valence-electron chi connectivity index (χ0n) is 14.9. The monoisotopic (exact) mass is 358 g/mol. The Balaban J connectivity index is 1.63. The lowest BCUT2D eigenvalue weighted by Gasteiger charge is -2.08. The highest BCUT2D eigenvalue weighted by Gasteiger charge is 2.09. The highest BCUT2D eigenvalue weighted by atomic mass is 14.8. The van der Waals surface area contributed by atoms with Gasteiger partial charge in [-0.05, 0) is 24.3 Å². The lowest BCUT2D eigenvalue weighted by molar-refractivity contribution is 1.30. The number of fused-ring (bicyclic) bond motifs is 6. The van der Waals surface area contributed by atoms with E-state index in [1.807, 2.05) is 43.0 Å². The molecule has 28 heavy (non-hydrogen) atoms. The van der Waals surface area contributed by atoms with Crippen molar-refractivity contribution in [1.82, 2.24) is 19.9 Å². The van der Waals surface area contributed by atoms with Gasteiger partial charge in [-0.1, -0.05) is 36.4 Å². The number of benzene rings is 2. The van der Waals surface area contributed by atoms with Gasteiger partial charge in [-0.3, -0.25) is 15.0 Å². The molecule has 4 nitrogen and oxygen atoms in total. The summed E-state index contributed by atoms with van der Waals surface area (Å²) in [7, 11) is 0. The van der Waals surface area contributed by atoms with E-state index < -0.39 is 0 Å². The van der Waals surface area contributed by atoms with E-state index in [-0.39, 0.29) is 0 Å².